The minimum Gasteiger partial charge on any atom is -0.462 e. The van der Waals surface area contributed by atoms with Gasteiger partial charge in [-0.2, -0.15) is 0 Å². The number of rotatable bonds is 5. The Labute approximate surface area is 124 Å². The summed E-state index contributed by atoms with van der Waals surface area (Å²) in [5, 5.41) is 0.692. The molecule has 3 heteroatoms. The first-order valence-corrected chi connectivity index (χ1v) is 10.6. The van der Waals surface area contributed by atoms with Crippen LogP contribution in [0.15, 0.2) is 12.2 Å². The summed E-state index contributed by atoms with van der Waals surface area (Å²) >= 11 is 0. The first-order valence-electron chi connectivity index (χ1n) is 8.20. The van der Waals surface area contributed by atoms with Crippen LogP contribution in [0.4, 0.5) is 0 Å². The molecule has 0 N–H and O–H groups in total. The molecule has 112 valence electrons. The lowest BCUT2D eigenvalue weighted by Crippen LogP contribution is -2.76. The van der Waals surface area contributed by atoms with Crippen LogP contribution in [-0.2, 0) is 9.53 Å². The highest BCUT2D eigenvalue weighted by atomic mass is 28.3. The third-order valence-electron chi connectivity index (χ3n) is 7.53. The van der Waals surface area contributed by atoms with Crippen LogP contribution in [0.3, 0.4) is 0 Å². The van der Waals surface area contributed by atoms with E-state index in [1.165, 1.54) is 18.9 Å². The highest BCUT2D eigenvalue weighted by Gasteiger charge is 2.82. The fourth-order valence-corrected chi connectivity index (χ4v) is 16.1. The van der Waals surface area contributed by atoms with Crippen molar-refractivity contribution in [2.45, 2.75) is 69.1 Å². The van der Waals surface area contributed by atoms with Crippen LogP contribution in [0.1, 0.15) is 47.0 Å². The second-order valence-electron chi connectivity index (χ2n) is 7.71. The summed E-state index contributed by atoms with van der Waals surface area (Å²) in [6.07, 6.45) is 4.06. The van der Waals surface area contributed by atoms with Crippen molar-refractivity contribution in [3.63, 3.8) is 0 Å². The van der Waals surface area contributed by atoms with E-state index in [9.17, 15) is 4.79 Å². The van der Waals surface area contributed by atoms with E-state index in [1.807, 2.05) is 0 Å². The Hall–Kier alpha value is -0.573. The van der Waals surface area contributed by atoms with E-state index in [0.717, 1.165) is 29.3 Å². The zero-order valence-electron chi connectivity index (χ0n) is 13.4. The topological polar surface area (TPSA) is 26.3 Å². The van der Waals surface area contributed by atoms with Gasteiger partial charge in [0.05, 0.1) is 14.7 Å². The molecule has 0 aromatic heterocycles. The summed E-state index contributed by atoms with van der Waals surface area (Å²) in [6.45, 7) is 13.5. The van der Waals surface area contributed by atoms with Crippen LogP contribution in [0.25, 0.3) is 0 Å². The second-order valence-corrected chi connectivity index (χ2v) is 12.9. The van der Waals surface area contributed by atoms with Gasteiger partial charge in [-0.25, -0.2) is 4.79 Å². The van der Waals surface area contributed by atoms with Gasteiger partial charge in [-0.05, 0) is 41.3 Å². The molecule has 0 radical (unpaired) electrons. The second kappa shape index (κ2) is 4.46. The highest BCUT2D eigenvalue weighted by molar-refractivity contribution is 6.91. The van der Waals surface area contributed by atoms with Gasteiger partial charge in [-0.3, -0.25) is 0 Å². The molecule has 3 saturated heterocycles. The van der Waals surface area contributed by atoms with Crippen LogP contribution in [-0.4, -0.2) is 20.7 Å². The molecule has 3 fully saturated rings. The molecule has 0 bridgehead atoms. The Morgan fingerprint density at radius 3 is 2.35 bits per heavy atom. The van der Waals surface area contributed by atoms with E-state index >= 15 is 0 Å². The number of carbonyl (C=O) groups excluding carboxylic acids is 1. The first kappa shape index (κ1) is 14.4. The third-order valence-corrected chi connectivity index (χ3v) is 15.9. The molecular formula is C17H28O2Si. The van der Waals surface area contributed by atoms with Crippen LogP contribution in [0.2, 0.25) is 22.2 Å². The minimum absolute atomic E-state index is 0.223. The van der Waals surface area contributed by atoms with E-state index in [4.69, 9.17) is 4.74 Å². The molecule has 20 heavy (non-hydrogen) atoms. The van der Waals surface area contributed by atoms with Gasteiger partial charge in [0.2, 0.25) is 0 Å². The lowest BCUT2D eigenvalue weighted by atomic mass is 9.78. The molecule has 0 aromatic rings. The van der Waals surface area contributed by atoms with Crippen molar-refractivity contribution < 1.29 is 9.53 Å². The lowest BCUT2D eigenvalue weighted by molar-refractivity contribution is -0.138. The van der Waals surface area contributed by atoms with E-state index in [2.05, 4.69) is 27.4 Å². The van der Waals surface area contributed by atoms with Gasteiger partial charge in [0, 0.05) is 5.57 Å². The SMILES string of the molecule is C=C(C)C(=O)OCCC[Si]12C3CCC1C(C)C2(C)C3C. The molecule has 0 aliphatic carbocycles. The van der Waals surface area contributed by atoms with Crippen molar-refractivity contribution in [2.75, 3.05) is 6.61 Å². The van der Waals surface area contributed by atoms with Gasteiger partial charge in [-0.1, -0.05) is 46.2 Å². The fourth-order valence-electron chi connectivity index (χ4n) is 6.54. The van der Waals surface area contributed by atoms with Crippen molar-refractivity contribution in [3.8, 4) is 0 Å². The Balaban J connectivity index is 1.59. The Morgan fingerprint density at radius 1 is 1.30 bits per heavy atom. The fraction of sp³-hybridized carbons (Fsp3) is 0.824. The zero-order valence-corrected chi connectivity index (χ0v) is 14.4. The van der Waals surface area contributed by atoms with Crippen LogP contribution in [0, 0.1) is 11.8 Å². The summed E-state index contributed by atoms with van der Waals surface area (Å²) in [5.41, 5.74) is 2.66. The summed E-state index contributed by atoms with van der Waals surface area (Å²) in [5.74, 6) is 1.67. The normalized spacial score (nSPS) is 48.0. The monoisotopic (exact) mass is 292 g/mol. The van der Waals surface area contributed by atoms with Gasteiger partial charge in [0.1, 0.15) is 0 Å². The Kier molecular flexibility index (Phi) is 3.20. The van der Waals surface area contributed by atoms with Gasteiger partial charge < -0.3 is 4.74 Å². The molecule has 0 aromatic carbocycles. The van der Waals surface area contributed by atoms with Crippen molar-refractivity contribution in [1.29, 1.82) is 0 Å². The molecule has 0 amide bonds. The summed E-state index contributed by atoms with van der Waals surface area (Å²) in [6, 6.07) is 1.39. The van der Waals surface area contributed by atoms with Crippen molar-refractivity contribution >= 4 is 14.0 Å². The van der Waals surface area contributed by atoms with Gasteiger partial charge in [0.15, 0.2) is 0 Å². The first-order chi connectivity index (χ1) is 9.37. The van der Waals surface area contributed by atoms with Gasteiger partial charge >= 0.3 is 5.97 Å². The Morgan fingerprint density at radius 2 is 1.85 bits per heavy atom. The summed E-state index contributed by atoms with van der Waals surface area (Å²) in [4.78, 5) is 11.4. The number of hydrogen-bond acceptors (Lipinski definition) is 2. The van der Waals surface area contributed by atoms with E-state index in [-0.39, 0.29) is 5.97 Å². The quantitative estimate of drug-likeness (QED) is 0.322. The molecule has 3 rings (SSSR count). The van der Waals surface area contributed by atoms with E-state index < -0.39 is 8.07 Å². The summed E-state index contributed by atoms with van der Waals surface area (Å²) in [7, 11) is -1.08. The van der Waals surface area contributed by atoms with Crippen molar-refractivity contribution in [3.05, 3.63) is 12.2 Å². The maximum Gasteiger partial charge on any atom is 0.333 e. The molecule has 0 spiro atoms. The van der Waals surface area contributed by atoms with Gasteiger partial charge in [0.25, 0.3) is 0 Å². The average molecular weight is 292 g/mol. The van der Waals surface area contributed by atoms with Gasteiger partial charge in [-0.15, -0.1) is 0 Å². The number of carbonyl (C=O) groups is 1. The maximum absolute atomic E-state index is 11.4. The third kappa shape index (κ3) is 1.43. The molecular weight excluding hydrogens is 264 g/mol. The van der Waals surface area contributed by atoms with Crippen LogP contribution < -0.4 is 0 Å². The van der Waals surface area contributed by atoms with Crippen molar-refractivity contribution in [1.82, 2.24) is 0 Å². The molecule has 3 aliphatic rings. The molecule has 3 aliphatic heterocycles. The molecule has 2 nitrogen and oxygen atoms in total. The van der Waals surface area contributed by atoms with E-state index in [1.54, 1.807) is 6.92 Å². The number of esters is 1. The molecule has 4 unspecified atom stereocenters. The number of ether oxygens (including phenoxy) is 1. The highest BCUT2D eigenvalue weighted by Crippen LogP contribution is 2.89. The average Bonchev–Trinajstić information content (AvgIpc) is 2.70. The molecule has 0 saturated carbocycles. The smallest absolute Gasteiger partial charge is 0.333 e. The minimum atomic E-state index is -1.08. The standard InChI is InChI=1S/C17H28O2Si/c1-11(2)16(18)19-9-6-10-20-14-7-8-15(20)13(4)17(20,5)12(14)3/h12-15H,1,6-10H2,2-5H3. The van der Waals surface area contributed by atoms with Crippen LogP contribution >= 0.6 is 0 Å². The summed E-state index contributed by atoms with van der Waals surface area (Å²) < 4.78 is 5.29. The zero-order chi connectivity index (χ0) is 14.7. The molecule has 3 heterocycles. The predicted octanol–water partition coefficient (Wildman–Crippen LogP) is 4.54. The maximum atomic E-state index is 11.4. The van der Waals surface area contributed by atoms with E-state index in [0.29, 0.717) is 17.2 Å². The lowest BCUT2D eigenvalue weighted by Gasteiger charge is -2.78. The number of hydrogen-bond donors (Lipinski definition) is 0. The Bertz CT molecular complexity index is 438. The molecule has 4 atom stereocenters. The van der Waals surface area contributed by atoms with Crippen molar-refractivity contribution in [2.24, 2.45) is 11.8 Å². The largest absolute Gasteiger partial charge is 0.462 e. The van der Waals surface area contributed by atoms with Crippen LogP contribution in [0.5, 0.6) is 0 Å². The predicted molar refractivity (Wildman–Crippen MR) is 84.4 cm³/mol.